The SMILES string of the molecule is Cc1ccccc1C(=O)On1cccc1. The lowest BCUT2D eigenvalue weighted by Crippen LogP contribution is -2.19. The van der Waals surface area contributed by atoms with Crippen molar-refractivity contribution in [1.82, 2.24) is 4.73 Å². The molecular weight excluding hydrogens is 190 g/mol. The summed E-state index contributed by atoms with van der Waals surface area (Å²) in [5, 5.41) is 0. The maximum Gasteiger partial charge on any atom is 0.363 e. The van der Waals surface area contributed by atoms with E-state index in [9.17, 15) is 4.79 Å². The van der Waals surface area contributed by atoms with Gasteiger partial charge in [0.25, 0.3) is 0 Å². The van der Waals surface area contributed by atoms with E-state index in [0.717, 1.165) is 5.56 Å². The van der Waals surface area contributed by atoms with E-state index in [0.29, 0.717) is 5.56 Å². The molecule has 0 unspecified atom stereocenters. The molecule has 0 atom stereocenters. The van der Waals surface area contributed by atoms with Gasteiger partial charge in [0, 0.05) is 12.4 Å². The summed E-state index contributed by atoms with van der Waals surface area (Å²) >= 11 is 0. The summed E-state index contributed by atoms with van der Waals surface area (Å²) in [5.41, 5.74) is 1.50. The molecule has 0 aliphatic rings. The predicted octanol–water partition coefficient (Wildman–Crippen LogP) is 2.07. The van der Waals surface area contributed by atoms with Gasteiger partial charge in [-0.25, -0.2) is 4.79 Å². The van der Waals surface area contributed by atoms with Crippen LogP contribution in [0.1, 0.15) is 15.9 Å². The predicted molar refractivity (Wildman–Crippen MR) is 56.5 cm³/mol. The van der Waals surface area contributed by atoms with E-state index in [1.807, 2.05) is 25.1 Å². The third kappa shape index (κ3) is 2.07. The number of hydrogen-bond acceptors (Lipinski definition) is 2. The molecule has 2 aromatic rings. The minimum atomic E-state index is -0.343. The summed E-state index contributed by atoms with van der Waals surface area (Å²) in [7, 11) is 0. The molecule has 3 heteroatoms. The molecule has 3 nitrogen and oxygen atoms in total. The Balaban J connectivity index is 2.19. The Morgan fingerprint density at radius 2 is 1.80 bits per heavy atom. The molecule has 1 aromatic carbocycles. The highest BCUT2D eigenvalue weighted by molar-refractivity contribution is 5.91. The summed E-state index contributed by atoms with van der Waals surface area (Å²) < 4.78 is 1.38. The number of aryl methyl sites for hydroxylation is 1. The van der Waals surface area contributed by atoms with Gasteiger partial charge in [-0.3, -0.25) is 0 Å². The normalized spacial score (nSPS) is 9.93. The number of rotatable bonds is 2. The molecular formula is C12H11NO2. The van der Waals surface area contributed by atoms with Crippen LogP contribution in [-0.4, -0.2) is 10.7 Å². The van der Waals surface area contributed by atoms with E-state index in [1.165, 1.54) is 4.73 Å². The van der Waals surface area contributed by atoms with Gasteiger partial charge in [0.05, 0.1) is 5.56 Å². The molecule has 0 bridgehead atoms. The van der Waals surface area contributed by atoms with Crippen LogP contribution in [0.4, 0.5) is 0 Å². The summed E-state index contributed by atoms with van der Waals surface area (Å²) in [6.07, 6.45) is 3.35. The number of carbonyl (C=O) groups excluding carboxylic acids is 1. The molecule has 0 saturated heterocycles. The van der Waals surface area contributed by atoms with Crippen molar-refractivity contribution in [2.45, 2.75) is 6.92 Å². The Bertz CT molecular complexity index is 460. The highest BCUT2D eigenvalue weighted by Crippen LogP contribution is 2.07. The zero-order valence-electron chi connectivity index (χ0n) is 8.38. The lowest BCUT2D eigenvalue weighted by Gasteiger charge is -2.05. The fourth-order valence-electron chi connectivity index (χ4n) is 1.33. The first-order chi connectivity index (χ1) is 7.27. The number of nitrogens with zero attached hydrogens (tertiary/aromatic N) is 1. The molecule has 0 aliphatic carbocycles. The van der Waals surface area contributed by atoms with Gasteiger partial charge in [-0.1, -0.05) is 18.2 Å². The lowest BCUT2D eigenvalue weighted by atomic mass is 10.1. The maximum atomic E-state index is 11.7. The first-order valence-corrected chi connectivity index (χ1v) is 4.68. The average molecular weight is 201 g/mol. The maximum absolute atomic E-state index is 11.7. The Morgan fingerprint density at radius 1 is 1.13 bits per heavy atom. The van der Waals surface area contributed by atoms with Gasteiger partial charge < -0.3 is 4.84 Å². The second-order valence-electron chi connectivity index (χ2n) is 3.24. The lowest BCUT2D eigenvalue weighted by molar-refractivity contribution is 0.0462. The third-order valence-electron chi connectivity index (χ3n) is 2.13. The van der Waals surface area contributed by atoms with Crippen molar-refractivity contribution < 1.29 is 9.63 Å². The van der Waals surface area contributed by atoms with Gasteiger partial charge >= 0.3 is 5.97 Å². The topological polar surface area (TPSA) is 31.2 Å². The Labute approximate surface area is 87.9 Å². The van der Waals surface area contributed by atoms with Crippen molar-refractivity contribution in [2.75, 3.05) is 0 Å². The third-order valence-corrected chi connectivity index (χ3v) is 2.13. The zero-order valence-corrected chi connectivity index (χ0v) is 8.38. The molecule has 0 fully saturated rings. The molecule has 2 rings (SSSR count). The highest BCUT2D eigenvalue weighted by Gasteiger charge is 2.09. The van der Waals surface area contributed by atoms with Crippen LogP contribution in [0.3, 0.4) is 0 Å². The first-order valence-electron chi connectivity index (χ1n) is 4.68. The molecule has 15 heavy (non-hydrogen) atoms. The molecule has 1 aromatic heterocycles. The van der Waals surface area contributed by atoms with Crippen LogP contribution in [0.2, 0.25) is 0 Å². The summed E-state index contributed by atoms with van der Waals surface area (Å²) in [6.45, 7) is 1.88. The van der Waals surface area contributed by atoms with Gasteiger partial charge in [0.1, 0.15) is 0 Å². The van der Waals surface area contributed by atoms with E-state index in [-0.39, 0.29) is 5.97 Å². The molecule has 1 heterocycles. The van der Waals surface area contributed by atoms with Crippen molar-refractivity contribution in [3.63, 3.8) is 0 Å². The fourth-order valence-corrected chi connectivity index (χ4v) is 1.33. The second-order valence-corrected chi connectivity index (χ2v) is 3.24. The quantitative estimate of drug-likeness (QED) is 0.744. The van der Waals surface area contributed by atoms with Crippen LogP contribution < -0.4 is 4.84 Å². The number of benzene rings is 1. The van der Waals surface area contributed by atoms with Crippen LogP contribution in [0.5, 0.6) is 0 Å². The summed E-state index contributed by atoms with van der Waals surface area (Å²) in [5.74, 6) is -0.343. The first kappa shape index (κ1) is 9.52. The fraction of sp³-hybridized carbons (Fsp3) is 0.0833. The monoisotopic (exact) mass is 201 g/mol. The average Bonchev–Trinajstić information content (AvgIpc) is 2.71. The highest BCUT2D eigenvalue weighted by atomic mass is 16.7. The van der Waals surface area contributed by atoms with Gasteiger partial charge in [-0.15, -0.1) is 0 Å². The second kappa shape index (κ2) is 4.00. The van der Waals surface area contributed by atoms with Gasteiger partial charge in [0.2, 0.25) is 0 Å². The molecule has 0 radical (unpaired) electrons. The number of hydrogen-bond donors (Lipinski definition) is 0. The van der Waals surface area contributed by atoms with Crippen molar-refractivity contribution in [2.24, 2.45) is 0 Å². The molecule has 0 saturated carbocycles. The van der Waals surface area contributed by atoms with E-state index in [1.54, 1.807) is 30.6 Å². The van der Waals surface area contributed by atoms with Crippen LogP contribution in [0.25, 0.3) is 0 Å². The van der Waals surface area contributed by atoms with E-state index < -0.39 is 0 Å². The minimum absolute atomic E-state index is 0.343. The molecule has 76 valence electrons. The van der Waals surface area contributed by atoms with Crippen LogP contribution >= 0.6 is 0 Å². The smallest absolute Gasteiger partial charge is 0.332 e. The van der Waals surface area contributed by atoms with Crippen LogP contribution in [0.15, 0.2) is 48.8 Å². The van der Waals surface area contributed by atoms with Gasteiger partial charge in [-0.2, -0.15) is 4.73 Å². The minimum Gasteiger partial charge on any atom is -0.332 e. The van der Waals surface area contributed by atoms with Crippen LogP contribution in [-0.2, 0) is 0 Å². The number of carbonyl (C=O) groups is 1. The molecule has 0 aliphatic heterocycles. The summed E-state index contributed by atoms with van der Waals surface area (Å²) in [6, 6.07) is 10.9. The molecule has 0 N–H and O–H groups in total. The Hall–Kier alpha value is -2.03. The van der Waals surface area contributed by atoms with E-state index in [4.69, 9.17) is 4.84 Å². The van der Waals surface area contributed by atoms with Crippen molar-refractivity contribution in [3.05, 3.63) is 59.9 Å². The van der Waals surface area contributed by atoms with Crippen LogP contribution in [0, 0.1) is 6.92 Å². The Kier molecular flexibility index (Phi) is 2.54. The van der Waals surface area contributed by atoms with Crippen molar-refractivity contribution >= 4 is 5.97 Å². The largest absolute Gasteiger partial charge is 0.363 e. The Morgan fingerprint density at radius 3 is 2.47 bits per heavy atom. The van der Waals surface area contributed by atoms with Crippen molar-refractivity contribution in [3.8, 4) is 0 Å². The van der Waals surface area contributed by atoms with Gasteiger partial charge in [0.15, 0.2) is 0 Å². The number of aromatic nitrogens is 1. The van der Waals surface area contributed by atoms with Crippen molar-refractivity contribution in [1.29, 1.82) is 0 Å². The summed E-state index contributed by atoms with van der Waals surface area (Å²) in [4.78, 5) is 16.8. The van der Waals surface area contributed by atoms with E-state index >= 15 is 0 Å². The van der Waals surface area contributed by atoms with E-state index in [2.05, 4.69) is 0 Å². The standard InChI is InChI=1S/C12H11NO2/c1-10-6-2-3-7-11(10)12(14)15-13-8-4-5-9-13/h2-9H,1H3. The molecule has 0 amide bonds. The van der Waals surface area contributed by atoms with Gasteiger partial charge in [-0.05, 0) is 30.7 Å². The molecule has 0 spiro atoms. The zero-order chi connectivity index (χ0) is 10.7.